The Morgan fingerprint density at radius 3 is 2.40 bits per heavy atom. The number of allylic oxidation sites excluding steroid dienone is 2. The summed E-state index contributed by atoms with van der Waals surface area (Å²) < 4.78 is 0. The maximum Gasteiger partial charge on any atom is 0.318 e. The number of carbonyl (C=O) groups excluding carboxylic acids is 1. The van der Waals surface area contributed by atoms with Gasteiger partial charge in [-0.15, -0.1) is 0 Å². The molecule has 0 spiro atoms. The second-order valence-electron chi connectivity index (χ2n) is 6.43. The van der Waals surface area contributed by atoms with Gasteiger partial charge in [0.25, 0.3) is 0 Å². The molecule has 2 amide bonds. The number of rotatable bonds is 5. The first-order chi connectivity index (χ1) is 9.32. The van der Waals surface area contributed by atoms with Crippen molar-refractivity contribution in [1.29, 1.82) is 0 Å². The van der Waals surface area contributed by atoms with Gasteiger partial charge in [0, 0.05) is 18.6 Å². The Morgan fingerprint density at radius 1 is 1.40 bits per heavy atom. The van der Waals surface area contributed by atoms with Crippen LogP contribution in [0.25, 0.3) is 0 Å². The minimum atomic E-state index is 0.0397. The maximum atomic E-state index is 12.2. The molecule has 1 aliphatic rings. The molecule has 0 bridgehead atoms. The highest BCUT2D eigenvalue weighted by atomic mass is 16.2. The first kappa shape index (κ1) is 16.8. The zero-order valence-electron chi connectivity index (χ0n) is 13.7. The van der Waals surface area contributed by atoms with Crippen LogP contribution in [0.15, 0.2) is 23.8 Å². The van der Waals surface area contributed by atoms with Gasteiger partial charge in [0.15, 0.2) is 0 Å². The van der Waals surface area contributed by atoms with Crippen molar-refractivity contribution < 1.29 is 4.79 Å². The summed E-state index contributed by atoms with van der Waals surface area (Å²) in [5.74, 6) is 0.622. The second kappa shape index (κ2) is 7.51. The number of nitrogens with zero attached hydrogens (tertiary/aromatic N) is 1. The molecular formula is C17H30N2O. The van der Waals surface area contributed by atoms with E-state index < -0.39 is 0 Å². The van der Waals surface area contributed by atoms with E-state index in [-0.39, 0.29) is 18.1 Å². The monoisotopic (exact) mass is 278 g/mol. The minimum absolute atomic E-state index is 0.0397. The van der Waals surface area contributed by atoms with Gasteiger partial charge in [-0.2, -0.15) is 0 Å². The van der Waals surface area contributed by atoms with Crippen molar-refractivity contribution >= 4 is 6.03 Å². The van der Waals surface area contributed by atoms with Crippen molar-refractivity contribution in [3.8, 4) is 0 Å². The molecule has 3 nitrogen and oxygen atoms in total. The van der Waals surface area contributed by atoms with E-state index >= 15 is 0 Å². The van der Waals surface area contributed by atoms with Gasteiger partial charge in [-0.05, 0) is 59.8 Å². The Bertz CT molecular complexity index is 374. The molecule has 0 unspecified atom stereocenters. The van der Waals surface area contributed by atoms with E-state index in [9.17, 15) is 4.79 Å². The first-order valence-corrected chi connectivity index (χ1v) is 7.72. The fourth-order valence-corrected chi connectivity index (χ4v) is 2.84. The Balaban J connectivity index is 2.47. The van der Waals surface area contributed by atoms with Gasteiger partial charge < -0.3 is 10.2 Å². The van der Waals surface area contributed by atoms with Crippen LogP contribution in [-0.2, 0) is 0 Å². The maximum absolute atomic E-state index is 12.2. The van der Waals surface area contributed by atoms with Gasteiger partial charge in [0.05, 0.1) is 0 Å². The predicted molar refractivity (Wildman–Crippen MR) is 85.7 cm³/mol. The summed E-state index contributed by atoms with van der Waals surface area (Å²) in [6.07, 6.45) is 5.58. The average Bonchev–Trinajstić information content (AvgIpc) is 2.36. The average molecular weight is 278 g/mol. The van der Waals surface area contributed by atoms with Crippen molar-refractivity contribution in [3.63, 3.8) is 0 Å². The highest BCUT2D eigenvalue weighted by Crippen LogP contribution is 2.27. The summed E-state index contributed by atoms with van der Waals surface area (Å²) in [6.45, 7) is 15.0. The van der Waals surface area contributed by atoms with E-state index in [4.69, 9.17) is 0 Å². The van der Waals surface area contributed by atoms with Crippen LogP contribution in [0.5, 0.6) is 0 Å². The van der Waals surface area contributed by atoms with E-state index in [1.807, 2.05) is 4.90 Å². The highest BCUT2D eigenvalue weighted by molar-refractivity contribution is 5.75. The fourth-order valence-electron chi connectivity index (χ4n) is 2.84. The molecular weight excluding hydrogens is 248 g/mol. The Morgan fingerprint density at radius 2 is 2.00 bits per heavy atom. The molecule has 1 rings (SSSR count). The van der Waals surface area contributed by atoms with Crippen LogP contribution < -0.4 is 5.32 Å². The highest BCUT2D eigenvalue weighted by Gasteiger charge is 2.20. The van der Waals surface area contributed by atoms with E-state index in [1.165, 1.54) is 11.1 Å². The smallest absolute Gasteiger partial charge is 0.318 e. The molecule has 0 aromatic carbocycles. The van der Waals surface area contributed by atoms with Crippen molar-refractivity contribution in [3.05, 3.63) is 23.8 Å². The summed E-state index contributed by atoms with van der Waals surface area (Å²) in [5.41, 5.74) is 2.62. The van der Waals surface area contributed by atoms with Gasteiger partial charge >= 0.3 is 6.03 Å². The van der Waals surface area contributed by atoms with E-state index in [2.05, 4.69) is 52.6 Å². The number of urea groups is 1. The lowest BCUT2D eigenvalue weighted by atomic mass is 9.85. The molecule has 1 aliphatic carbocycles. The molecule has 0 saturated carbocycles. The molecule has 1 N–H and O–H groups in total. The van der Waals surface area contributed by atoms with Crippen LogP contribution >= 0.6 is 0 Å². The number of carbonyl (C=O) groups is 1. The third-order valence-corrected chi connectivity index (χ3v) is 4.02. The van der Waals surface area contributed by atoms with Gasteiger partial charge in [0.2, 0.25) is 0 Å². The van der Waals surface area contributed by atoms with Crippen molar-refractivity contribution in [2.75, 3.05) is 6.54 Å². The quantitative estimate of drug-likeness (QED) is 0.754. The van der Waals surface area contributed by atoms with Crippen LogP contribution in [0.4, 0.5) is 4.79 Å². The molecule has 0 aromatic rings. The summed E-state index contributed by atoms with van der Waals surface area (Å²) in [6, 6.07) is 0.490. The molecule has 1 atom stereocenters. The van der Waals surface area contributed by atoms with Crippen molar-refractivity contribution in [2.45, 2.75) is 66.0 Å². The lowest BCUT2D eigenvalue weighted by Crippen LogP contribution is -2.48. The van der Waals surface area contributed by atoms with Crippen LogP contribution in [0.2, 0.25) is 0 Å². The van der Waals surface area contributed by atoms with E-state index in [1.54, 1.807) is 0 Å². The van der Waals surface area contributed by atoms with Crippen molar-refractivity contribution in [2.24, 2.45) is 5.92 Å². The fraction of sp³-hybridized carbons (Fsp3) is 0.706. The summed E-state index contributed by atoms with van der Waals surface area (Å²) in [4.78, 5) is 14.1. The molecule has 0 saturated heterocycles. The van der Waals surface area contributed by atoms with Crippen LogP contribution in [0.3, 0.4) is 0 Å². The number of amides is 2. The SMILES string of the molecule is C=C(C)[C@H]1CC=C(CNC(=O)N(C(C)C)C(C)C)CC1. The molecule has 0 fully saturated rings. The van der Waals surface area contributed by atoms with Gasteiger partial charge in [0.1, 0.15) is 0 Å². The molecule has 0 radical (unpaired) electrons. The standard InChI is InChI=1S/C17H30N2O/c1-12(2)16-9-7-15(8-10-16)11-18-17(20)19(13(3)4)14(5)6/h7,13-14,16H,1,8-11H2,2-6H3,(H,18,20)/t16-/m0/s1. The zero-order chi connectivity index (χ0) is 15.3. The van der Waals surface area contributed by atoms with Gasteiger partial charge in [-0.3, -0.25) is 0 Å². The summed E-state index contributed by atoms with van der Waals surface area (Å²) >= 11 is 0. The first-order valence-electron chi connectivity index (χ1n) is 7.72. The minimum Gasteiger partial charge on any atom is -0.334 e. The molecule has 0 aliphatic heterocycles. The third kappa shape index (κ3) is 4.69. The largest absolute Gasteiger partial charge is 0.334 e. The van der Waals surface area contributed by atoms with Gasteiger partial charge in [-0.25, -0.2) is 4.79 Å². The van der Waals surface area contributed by atoms with E-state index in [0.29, 0.717) is 12.5 Å². The number of nitrogens with one attached hydrogen (secondary N) is 1. The van der Waals surface area contributed by atoms with Crippen molar-refractivity contribution in [1.82, 2.24) is 10.2 Å². The Hall–Kier alpha value is -1.25. The molecule has 114 valence electrons. The number of hydrogen-bond donors (Lipinski definition) is 1. The molecule has 0 heterocycles. The summed E-state index contributed by atoms with van der Waals surface area (Å²) in [7, 11) is 0. The molecule has 0 aromatic heterocycles. The second-order valence-corrected chi connectivity index (χ2v) is 6.43. The lowest BCUT2D eigenvalue weighted by molar-refractivity contribution is 0.165. The van der Waals surface area contributed by atoms with Crippen LogP contribution in [-0.4, -0.2) is 29.6 Å². The third-order valence-electron chi connectivity index (χ3n) is 4.02. The number of hydrogen-bond acceptors (Lipinski definition) is 1. The lowest BCUT2D eigenvalue weighted by Gasteiger charge is -2.31. The van der Waals surface area contributed by atoms with Crippen LogP contribution in [0.1, 0.15) is 53.9 Å². The molecule has 20 heavy (non-hydrogen) atoms. The normalized spacial score (nSPS) is 18.9. The predicted octanol–water partition coefficient (Wildman–Crippen LogP) is 4.12. The topological polar surface area (TPSA) is 32.3 Å². The zero-order valence-corrected chi connectivity index (χ0v) is 13.7. The van der Waals surface area contributed by atoms with E-state index in [0.717, 1.165) is 19.3 Å². The summed E-state index contributed by atoms with van der Waals surface area (Å²) in [5, 5.41) is 3.06. The molecule has 3 heteroatoms. The Kier molecular flexibility index (Phi) is 6.31. The van der Waals surface area contributed by atoms with Crippen LogP contribution in [0, 0.1) is 5.92 Å². The Labute approximate surface area is 124 Å². The van der Waals surface area contributed by atoms with Gasteiger partial charge in [-0.1, -0.05) is 23.8 Å².